The van der Waals surface area contributed by atoms with Crippen molar-refractivity contribution in [1.82, 2.24) is 9.97 Å². The Bertz CT molecular complexity index is 620. The van der Waals surface area contributed by atoms with E-state index in [0.717, 1.165) is 28.2 Å². The van der Waals surface area contributed by atoms with Crippen molar-refractivity contribution in [2.24, 2.45) is 0 Å². The zero-order chi connectivity index (χ0) is 14.5. The highest BCUT2D eigenvalue weighted by molar-refractivity contribution is 7.09. The van der Waals surface area contributed by atoms with E-state index < -0.39 is 5.97 Å². The Morgan fingerprint density at radius 2 is 2.30 bits per heavy atom. The van der Waals surface area contributed by atoms with E-state index in [1.54, 1.807) is 17.5 Å². The van der Waals surface area contributed by atoms with Crippen LogP contribution in [0, 0.1) is 6.92 Å². The van der Waals surface area contributed by atoms with Crippen LogP contribution in [-0.2, 0) is 11.3 Å². The van der Waals surface area contributed by atoms with Crippen molar-refractivity contribution in [2.45, 2.75) is 13.5 Å². The number of anilines is 1. The normalized spacial score (nSPS) is 10.9. The third-order valence-electron chi connectivity index (χ3n) is 2.65. The summed E-state index contributed by atoms with van der Waals surface area (Å²) in [7, 11) is 1.95. The molecule has 0 amide bonds. The molecule has 5 nitrogen and oxygen atoms in total. The summed E-state index contributed by atoms with van der Waals surface area (Å²) < 4.78 is 0. The minimum Gasteiger partial charge on any atom is -0.478 e. The van der Waals surface area contributed by atoms with Crippen molar-refractivity contribution in [3.05, 3.63) is 46.1 Å². The standard InChI is InChI=1S/C14H15N3O2S/c1-10-16-12(9-20-10)8-17(2)13-5-3-11(7-15-13)4-6-14(18)19/h3-7,9H,8H2,1-2H3,(H,18,19)/b6-4+. The molecule has 20 heavy (non-hydrogen) atoms. The second kappa shape index (κ2) is 6.29. The molecule has 0 atom stereocenters. The Balaban J connectivity index is 2.03. The van der Waals surface area contributed by atoms with Crippen LogP contribution in [0.1, 0.15) is 16.3 Å². The molecule has 0 bridgehead atoms. The Morgan fingerprint density at radius 3 is 2.85 bits per heavy atom. The Morgan fingerprint density at radius 1 is 1.50 bits per heavy atom. The van der Waals surface area contributed by atoms with Crippen molar-refractivity contribution in [2.75, 3.05) is 11.9 Å². The van der Waals surface area contributed by atoms with Gasteiger partial charge in [-0.2, -0.15) is 0 Å². The largest absolute Gasteiger partial charge is 0.478 e. The number of aliphatic carboxylic acids is 1. The lowest BCUT2D eigenvalue weighted by atomic mass is 10.2. The molecule has 0 fully saturated rings. The summed E-state index contributed by atoms with van der Waals surface area (Å²) in [6.07, 6.45) is 4.26. The van der Waals surface area contributed by atoms with Crippen LogP contribution >= 0.6 is 11.3 Å². The molecular formula is C14H15N3O2S. The van der Waals surface area contributed by atoms with Crippen molar-refractivity contribution >= 4 is 29.2 Å². The highest BCUT2D eigenvalue weighted by atomic mass is 32.1. The maximum atomic E-state index is 10.4. The number of carboxylic acids is 1. The van der Waals surface area contributed by atoms with Gasteiger partial charge in [-0.25, -0.2) is 14.8 Å². The first-order valence-electron chi connectivity index (χ1n) is 6.04. The summed E-state index contributed by atoms with van der Waals surface area (Å²) in [5.41, 5.74) is 1.78. The Labute approximate surface area is 121 Å². The molecule has 0 aliphatic rings. The second-order valence-electron chi connectivity index (χ2n) is 4.34. The molecule has 2 heterocycles. The summed E-state index contributed by atoms with van der Waals surface area (Å²) in [5, 5.41) is 11.7. The number of pyridine rings is 1. The topological polar surface area (TPSA) is 66.3 Å². The molecule has 0 unspecified atom stereocenters. The van der Waals surface area contributed by atoms with E-state index >= 15 is 0 Å². The summed E-state index contributed by atoms with van der Waals surface area (Å²) in [5.74, 6) is -0.145. The smallest absolute Gasteiger partial charge is 0.328 e. The Kier molecular flexibility index (Phi) is 4.47. The van der Waals surface area contributed by atoms with Gasteiger partial charge in [-0.1, -0.05) is 0 Å². The summed E-state index contributed by atoms with van der Waals surface area (Å²) in [6.45, 7) is 2.68. The van der Waals surface area contributed by atoms with Crippen LogP contribution in [0.4, 0.5) is 5.82 Å². The highest BCUT2D eigenvalue weighted by Gasteiger charge is 2.05. The van der Waals surface area contributed by atoms with E-state index in [-0.39, 0.29) is 0 Å². The van der Waals surface area contributed by atoms with Gasteiger partial charge >= 0.3 is 5.97 Å². The lowest BCUT2D eigenvalue weighted by Crippen LogP contribution is -2.17. The maximum Gasteiger partial charge on any atom is 0.328 e. The number of thiazole rings is 1. The minimum atomic E-state index is -0.968. The fraction of sp³-hybridized carbons (Fsp3) is 0.214. The van der Waals surface area contributed by atoms with Crippen LogP contribution in [0.2, 0.25) is 0 Å². The van der Waals surface area contributed by atoms with Gasteiger partial charge in [0.25, 0.3) is 0 Å². The molecule has 0 saturated heterocycles. The predicted molar refractivity (Wildman–Crippen MR) is 79.9 cm³/mol. The predicted octanol–water partition coefficient (Wildman–Crippen LogP) is 2.58. The maximum absolute atomic E-state index is 10.4. The number of carbonyl (C=O) groups is 1. The molecule has 1 N–H and O–H groups in total. The van der Waals surface area contributed by atoms with Gasteiger partial charge in [0.1, 0.15) is 5.82 Å². The minimum absolute atomic E-state index is 0.696. The summed E-state index contributed by atoms with van der Waals surface area (Å²) >= 11 is 1.63. The molecule has 2 rings (SSSR count). The SMILES string of the molecule is Cc1nc(CN(C)c2ccc(/C=C/C(=O)O)cn2)cs1. The first-order chi connectivity index (χ1) is 9.54. The second-order valence-corrected chi connectivity index (χ2v) is 5.40. The van der Waals surface area contributed by atoms with Crippen molar-refractivity contribution in [1.29, 1.82) is 0 Å². The molecule has 6 heteroatoms. The monoisotopic (exact) mass is 289 g/mol. The zero-order valence-electron chi connectivity index (χ0n) is 11.3. The van der Waals surface area contributed by atoms with E-state index in [0.29, 0.717) is 6.54 Å². The zero-order valence-corrected chi connectivity index (χ0v) is 12.1. The van der Waals surface area contributed by atoms with Gasteiger partial charge in [0.05, 0.1) is 17.2 Å². The first-order valence-corrected chi connectivity index (χ1v) is 6.92. The lowest BCUT2D eigenvalue weighted by molar-refractivity contribution is -0.131. The van der Waals surface area contributed by atoms with Gasteiger partial charge in [-0.05, 0) is 30.7 Å². The summed E-state index contributed by atoms with van der Waals surface area (Å²) in [4.78, 5) is 21.2. The van der Waals surface area contributed by atoms with Crippen LogP contribution in [0.5, 0.6) is 0 Å². The molecule has 0 aromatic carbocycles. The van der Waals surface area contributed by atoms with Gasteiger partial charge in [-0.3, -0.25) is 0 Å². The molecular weight excluding hydrogens is 274 g/mol. The van der Waals surface area contributed by atoms with Gasteiger partial charge in [0.15, 0.2) is 0 Å². The van der Waals surface area contributed by atoms with Gasteiger partial charge in [-0.15, -0.1) is 11.3 Å². The van der Waals surface area contributed by atoms with E-state index in [2.05, 4.69) is 9.97 Å². The molecule has 0 saturated carbocycles. The molecule has 104 valence electrons. The van der Waals surface area contributed by atoms with Crippen molar-refractivity contribution < 1.29 is 9.90 Å². The number of aromatic nitrogens is 2. The molecule has 0 spiro atoms. The van der Waals surface area contributed by atoms with Crippen LogP contribution in [0.25, 0.3) is 6.08 Å². The molecule has 2 aromatic heterocycles. The average Bonchev–Trinajstić information content (AvgIpc) is 2.82. The molecule has 2 aromatic rings. The third kappa shape index (κ3) is 3.89. The van der Waals surface area contributed by atoms with E-state index in [4.69, 9.17) is 5.11 Å². The summed E-state index contributed by atoms with van der Waals surface area (Å²) in [6, 6.07) is 3.70. The van der Waals surface area contributed by atoms with Gasteiger partial charge < -0.3 is 10.0 Å². The average molecular weight is 289 g/mol. The van der Waals surface area contributed by atoms with Crippen LogP contribution in [0.3, 0.4) is 0 Å². The van der Waals surface area contributed by atoms with Gasteiger partial charge in [0.2, 0.25) is 0 Å². The number of aryl methyl sites for hydroxylation is 1. The van der Waals surface area contributed by atoms with Crippen LogP contribution < -0.4 is 4.90 Å². The molecule has 0 radical (unpaired) electrons. The highest BCUT2D eigenvalue weighted by Crippen LogP contribution is 2.15. The van der Waals surface area contributed by atoms with Gasteiger partial charge in [0, 0.05) is 24.7 Å². The fourth-order valence-corrected chi connectivity index (χ4v) is 2.30. The lowest BCUT2D eigenvalue weighted by Gasteiger charge is -2.16. The van der Waals surface area contributed by atoms with Crippen LogP contribution in [-0.4, -0.2) is 28.1 Å². The first kappa shape index (κ1) is 14.2. The number of carboxylic acid groups (broad SMARTS) is 1. The number of nitrogens with zero attached hydrogens (tertiary/aromatic N) is 3. The molecule has 0 aliphatic carbocycles. The Hall–Kier alpha value is -2.21. The fourth-order valence-electron chi connectivity index (χ4n) is 1.69. The quantitative estimate of drug-likeness (QED) is 0.857. The van der Waals surface area contributed by atoms with E-state index in [9.17, 15) is 4.79 Å². The third-order valence-corrected chi connectivity index (χ3v) is 3.47. The number of hydrogen-bond donors (Lipinski definition) is 1. The van der Waals surface area contributed by atoms with Crippen molar-refractivity contribution in [3.8, 4) is 0 Å². The number of rotatable bonds is 5. The van der Waals surface area contributed by atoms with E-state index in [1.807, 2.05) is 36.4 Å². The molecule has 0 aliphatic heterocycles. The van der Waals surface area contributed by atoms with Crippen molar-refractivity contribution in [3.63, 3.8) is 0 Å². The number of hydrogen-bond acceptors (Lipinski definition) is 5. The van der Waals surface area contributed by atoms with E-state index in [1.165, 1.54) is 6.08 Å². The van der Waals surface area contributed by atoms with Crippen LogP contribution in [0.15, 0.2) is 29.8 Å².